The first-order valence-electron chi connectivity index (χ1n) is 8.77. The van der Waals surface area contributed by atoms with Crippen LogP contribution in [0.15, 0.2) is 62.8 Å². The average Bonchev–Trinajstić information content (AvgIpc) is 3.20. The van der Waals surface area contributed by atoms with Gasteiger partial charge in [0, 0.05) is 33.2 Å². The van der Waals surface area contributed by atoms with Crippen LogP contribution in [-0.4, -0.2) is 14.3 Å². The summed E-state index contributed by atoms with van der Waals surface area (Å²) in [7, 11) is 0. The molecule has 0 bridgehead atoms. The molecule has 0 saturated carbocycles. The number of halogens is 1. The number of nitrogens with zero attached hydrogens (tertiary/aromatic N) is 2. The Balaban J connectivity index is 1.69. The van der Waals surface area contributed by atoms with Crippen molar-refractivity contribution < 1.29 is 9.26 Å². The second kappa shape index (κ2) is 7.78. The number of rotatable bonds is 6. The van der Waals surface area contributed by atoms with Crippen LogP contribution in [-0.2, 0) is 19.7 Å². The Bertz CT molecular complexity index is 1340. The highest BCUT2D eigenvalue weighted by Crippen LogP contribution is 2.27. The van der Waals surface area contributed by atoms with Crippen LogP contribution in [0, 0.1) is 12.3 Å². The minimum absolute atomic E-state index is 0.0829. The molecule has 1 N–H and O–H groups in total. The van der Waals surface area contributed by atoms with Crippen molar-refractivity contribution in [2.75, 3.05) is 0 Å². The fourth-order valence-electron chi connectivity index (χ4n) is 3.14. The first-order valence-corrected chi connectivity index (χ1v) is 9.15. The van der Waals surface area contributed by atoms with Gasteiger partial charge in [-0.3, -0.25) is 0 Å². The number of hydrogen-bond acceptors (Lipinski definition) is 4. The van der Waals surface area contributed by atoms with Gasteiger partial charge in [-0.2, -0.15) is 0 Å². The fourth-order valence-corrected chi connectivity index (χ4v) is 3.33. The summed E-state index contributed by atoms with van der Waals surface area (Å²) in [6.07, 6.45) is 7.30. The van der Waals surface area contributed by atoms with Gasteiger partial charge in [0.15, 0.2) is 0 Å². The number of H-pyrrole nitrogens is 1. The van der Waals surface area contributed by atoms with E-state index in [1.807, 2.05) is 53.2 Å². The zero-order valence-corrected chi connectivity index (χ0v) is 16.0. The molecular formula is C21H16ClN3O4. The Morgan fingerprint density at radius 3 is 2.72 bits per heavy atom. The van der Waals surface area contributed by atoms with Gasteiger partial charge >= 0.3 is 11.4 Å². The minimum Gasteiger partial charge on any atom is -0.489 e. The summed E-state index contributed by atoms with van der Waals surface area (Å²) in [6, 6.07) is 13.1. The molecule has 0 radical (unpaired) electrons. The summed E-state index contributed by atoms with van der Waals surface area (Å²) < 4.78 is 13.6. The molecular weight excluding hydrogens is 394 g/mol. The molecule has 2 aromatic carbocycles. The third-order valence-electron chi connectivity index (χ3n) is 4.49. The number of benzene rings is 2. The maximum atomic E-state index is 11.8. The Labute approximate surface area is 170 Å². The van der Waals surface area contributed by atoms with Crippen molar-refractivity contribution in [1.82, 2.24) is 14.3 Å². The molecule has 8 heteroatoms. The van der Waals surface area contributed by atoms with E-state index in [2.05, 4.69) is 10.9 Å². The van der Waals surface area contributed by atoms with Crippen molar-refractivity contribution >= 4 is 22.5 Å². The normalized spacial score (nSPS) is 10.9. The van der Waals surface area contributed by atoms with E-state index in [1.54, 1.807) is 0 Å². The number of hydrogen-bond donors (Lipinski definition) is 1. The van der Waals surface area contributed by atoms with Gasteiger partial charge in [0.25, 0.3) is 0 Å². The van der Waals surface area contributed by atoms with Crippen LogP contribution < -0.4 is 16.2 Å². The second-order valence-corrected chi connectivity index (χ2v) is 6.80. The fraction of sp³-hybridized carbons (Fsp3) is 0.143. The number of nitrogens with one attached hydrogen (secondary N) is 1. The number of ether oxygens (including phenoxy) is 1. The maximum absolute atomic E-state index is 11.8. The van der Waals surface area contributed by atoms with Gasteiger partial charge in [0.05, 0.1) is 13.1 Å². The van der Waals surface area contributed by atoms with Crippen molar-refractivity contribution in [2.45, 2.75) is 19.7 Å². The van der Waals surface area contributed by atoms with Gasteiger partial charge < -0.3 is 13.8 Å². The topological polar surface area (TPSA) is 82.2 Å². The van der Waals surface area contributed by atoms with E-state index in [0.29, 0.717) is 23.9 Å². The molecule has 0 amide bonds. The Morgan fingerprint density at radius 1 is 1.17 bits per heavy atom. The molecule has 7 nitrogen and oxygen atoms in total. The molecule has 2 aromatic heterocycles. The lowest BCUT2D eigenvalue weighted by atomic mass is 10.1. The lowest BCUT2D eigenvalue weighted by Crippen LogP contribution is -2.17. The third-order valence-corrected chi connectivity index (χ3v) is 4.86. The van der Waals surface area contributed by atoms with Gasteiger partial charge in [-0.25, -0.2) is 14.6 Å². The van der Waals surface area contributed by atoms with Gasteiger partial charge in [-0.15, -0.1) is 11.2 Å². The van der Waals surface area contributed by atoms with Crippen molar-refractivity contribution in [3.8, 4) is 18.1 Å². The van der Waals surface area contributed by atoms with Crippen molar-refractivity contribution in [1.29, 1.82) is 0 Å². The summed E-state index contributed by atoms with van der Waals surface area (Å²) in [5.74, 6) is 2.44. The van der Waals surface area contributed by atoms with E-state index < -0.39 is 11.4 Å². The number of terminal acetylenes is 1. The maximum Gasteiger partial charge on any atom is 0.440 e. The summed E-state index contributed by atoms with van der Waals surface area (Å²) in [5, 5.41) is 1.48. The monoisotopic (exact) mass is 409 g/mol. The van der Waals surface area contributed by atoms with E-state index >= 15 is 0 Å². The zero-order valence-electron chi connectivity index (χ0n) is 15.2. The first-order chi connectivity index (χ1) is 14.0. The molecule has 0 atom stereocenters. The molecule has 2 heterocycles. The highest BCUT2D eigenvalue weighted by atomic mass is 35.5. The summed E-state index contributed by atoms with van der Waals surface area (Å²) in [4.78, 5) is 25.1. The second-order valence-electron chi connectivity index (χ2n) is 6.39. The average molecular weight is 410 g/mol. The van der Waals surface area contributed by atoms with Crippen LogP contribution in [0.5, 0.6) is 5.75 Å². The van der Waals surface area contributed by atoms with E-state index in [9.17, 15) is 9.59 Å². The molecule has 4 aromatic rings. The number of fused-ring (bicyclic) bond motifs is 1. The van der Waals surface area contributed by atoms with Crippen molar-refractivity contribution in [2.24, 2.45) is 0 Å². The predicted molar refractivity (Wildman–Crippen MR) is 109 cm³/mol. The SMILES string of the molecule is C#CCn1cc(Cn2oc(=O)[nH]c2=O)c2cc(OCc3ccccc3Cl)ccc21. The standard InChI is InChI=1S/C21H16ClN3O4/c1-2-9-24-11-15(12-25-20(26)23-21(27)29-25)17-10-16(7-8-19(17)24)28-13-14-5-3-4-6-18(14)22/h1,3-8,10-11H,9,12-13H2,(H,23,26,27). The molecule has 0 aliphatic heterocycles. The van der Waals surface area contributed by atoms with E-state index in [-0.39, 0.29) is 6.54 Å². The van der Waals surface area contributed by atoms with Crippen LogP contribution in [0.2, 0.25) is 5.02 Å². The smallest absolute Gasteiger partial charge is 0.440 e. The minimum atomic E-state index is -0.800. The van der Waals surface area contributed by atoms with Crippen molar-refractivity contribution in [3.05, 3.63) is 85.8 Å². The quantitative estimate of drug-likeness (QED) is 0.496. The third kappa shape index (κ3) is 3.84. The van der Waals surface area contributed by atoms with Gasteiger partial charge in [0.2, 0.25) is 0 Å². The summed E-state index contributed by atoms with van der Waals surface area (Å²) in [6.45, 7) is 0.764. The van der Waals surface area contributed by atoms with Crippen LogP contribution in [0.4, 0.5) is 0 Å². The van der Waals surface area contributed by atoms with Crippen LogP contribution in [0.25, 0.3) is 10.9 Å². The summed E-state index contributed by atoms with van der Waals surface area (Å²) >= 11 is 6.18. The Morgan fingerprint density at radius 2 is 2.00 bits per heavy atom. The molecule has 0 unspecified atom stereocenters. The van der Waals surface area contributed by atoms with E-state index in [0.717, 1.165) is 26.8 Å². The van der Waals surface area contributed by atoms with Crippen LogP contribution >= 0.6 is 11.6 Å². The molecule has 146 valence electrons. The summed E-state index contributed by atoms with van der Waals surface area (Å²) in [5.41, 5.74) is 1.91. The van der Waals surface area contributed by atoms with E-state index in [1.165, 1.54) is 0 Å². The zero-order chi connectivity index (χ0) is 20.4. The molecule has 29 heavy (non-hydrogen) atoms. The highest BCUT2D eigenvalue weighted by Gasteiger charge is 2.13. The van der Waals surface area contributed by atoms with Gasteiger partial charge in [0.1, 0.15) is 12.4 Å². The lowest BCUT2D eigenvalue weighted by molar-refractivity contribution is 0.258. The highest BCUT2D eigenvalue weighted by molar-refractivity contribution is 6.31. The molecule has 0 spiro atoms. The van der Waals surface area contributed by atoms with Gasteiger partial charge in [-0.1, -0.05) is 35.7 Å². The number of aromatic nitrogens is 3. The number of aromatic amines is 1. The molecule has 4 rings (SSSR count). The molecule has 0 saturated heterocycles. The van der Waals surface area contributed by atoms with Crippen molar-refractivity contribution in [3.63, 3.8) is 0 Å². The molecule has 0 aliphatic carbocycles. The largest absolute Gasteiger partial charge is 0.489 e. The first kappa shape index (κ1) is 18.7. The molecule has 0 aliphatic rings. The van der Waals surface area contributed by atoms with Crippen LogP contribution in [0.1, 0.15) is 11.1 Å². The molecule has 0 fully saturated rings. The Kier molecular flexibility index (Phi) is 5.02. The van der Waals surface area contributed by atoms with Gasteiger partial charge in [-0.05, 0) is 24.3 Å². The Hall–Kier alpha value is -3.63. The lowest BCUT2D eigenvalue weighted by Gasteiger charge is -2.09. The van der Waals surface area contributed by atoms with E-state index in [4.69, 9.17) is 27.3 Å². The predicted octanol–water partition coefficient (Wildman–Crippen LogP) is 3.00. The van der Waals surface area contributed by atoms with Crippen LogP contribution in [0.3, 0.4) is 0 Å².